The van der Waals surface area contributed by atoms with E-state index in [2.05, 4.69) is 11.3 Å². The number of piperidine rings is 1. The van der Waals surface area contributed by atoms with Crippen molar-refractivity contribution in [3.8, 4) is 0 Å². The highest BCUT2D eigenvalue weighted by atomic mass is 16.5. The van der Waals surface area contributed by atoms with E-state index in [9.17, 15) is 4.79 Å². The quantitative estimate of drug-likeness (QED) is 0.715. The maximum absolute atomic E-state index is 11.3. The van der Waals surface area contributed by atoms with E-state index in [0.717, 1.165) is 45.4 Å². The second-order valence-corrected chi connectivity index (χ2v) is 4.31. The third kappa shape index (κ3) is 2.49. The molecule has 2 N–H and O–H groups in total. The summed E-state index contributed by atoms with van der Waals surface area (Å²) in [6.45, 7) is 2.60. The number of amides is 1. The van der Waals surface area contributed by atoms with E-state index in [4.69, 9.17) is 10.5 Å². The number of hydrogen-bond acceptors (Lipinski definition) is 3. The van der Waals surface area contributed by atoms with Gasteiger partial charge in [-0.3, -0.25) is 9.69 Å². The number of carbonyl (C=O) groups is 1. The van der Waals surface area contributed by atoms with E-state index >= 15 is 0 Å². The Kier molecular flexibility index (Phi) is 3.59. The Labute approximate surface area is 90.8 Å². The van der Waals surface area contributed by atoms with E-state index in [1.807, 2.05) is 0 Å². The maximum Gasteiger partial charge on any atom is 0.234 e. The fraction of sp³-hybridized carbons (Fsp3) is 0.818. The molecule has 15 heavy (non-hydrogen) atoms. The first-order valence-corrected chi connectivity index (χ1v) is 5.73. The molecular formula is C11H19N2O2. The smallest absolute Gasteiger partial charge is 0.234 e. The minimum atomic E-state index is -0.183. The van der Waals surface area contributed by atoms with Gasteiger partial charge in [0.15, 0.2) is 0 Å². The normalized spacial score (nSPS) is 30.3. The maximum atomic E-state index is 11.3. The molecular weight excluding hydrogens is 192 g/mol. The van der Waals surface area contributed by atoms with Crippen LogP contribution in [0.1, 0.15) is 25.7 Å². The van der Waals surface area contributed by atoms with Crippen molar-refractivity contribution in [3.05, 3.63) is 6.42 Å². The lowest BCUT2D eigenvalue weighted by molar-refractivity contribution is -0.125. The Balaban J connectivity index is 1.99. The molecule has 4 heteroatoms. The van der Waals surface area contributed by atoms with Crippen LogP contribution in [0.5, 0.6) is 0 Å². The highest BCUT2D eigenvalue weighted by molar-refractivity contribution is 5.80. The van der Waals surface area contributed by atoms with Gasteiger partial charge in [0.1, 0.15) is 0 Å². The average Bonchev–Trinajstić information content (AvgIpc) is 2.30. The van der Waals surface area contributed by atoms with Crippen molar-refractivity contribution in [2.45, 2.75) is 37.8 Å². The molecule has 4 nitrogen and oxygen atoms in total. The van der Waals surface area contributed by atoms with E-state index in [-0.39, 0.29) is 11.9 Å². The molecule has 0 aromatic carbocycles. The summed E-state index contributed by atoms with van der Waals surface area (Å²) in [5.41, 5.74) is 5.43. The van der Waals surface area contributed by atoms with Crippen LogP contribution < -0.4 is 5.73 Å². The molecule has 1 unspecified atom stereocenters. The van der Waals surface area contributed by atoms with Crippen LogP contribution in [0.3, 0.4) is 0 Å². The van der Waals surface area contributed by atoms with Crippen LogP contribution in [0.4, 0.5) is 0 Å². The first-order valence-electron chi connectivity index (χ1n) is 5.73. The number of likely N-dealkylation sites (tertiary alicyclic amines) is 1. The number of rotatable bonds is 2. The van der Waals surface area contributed by atoms with Crippen molar-refractivity contribution in [3.63, 3.8) is 0 Å². The van der Waals surface area contributed by atoms with Crippen LogP contribution in [0.2, 0.25) is 0 Å². The lowest BCUT2D eigenvalue weighted by Gasteiger charge is -2.41. The summed E-state index contributed by atoms with van der Waals surface area (Å²) in [7, 11) is 0. The van der Waals surface area contributed by atoms with Crippen LogP contribution in [-0.4, -0.2) is 42.6 Å². The Morgan fingerprint density at radius 2 is 2.13 bits per heavy atom. The molecule has 0 aliphatic carbocycles. The van der Waals surface area contributed by atoms with Crippen LogP contribution in [0.25, 0.3) is 0 Å². The number of hydrogen-bond donors (Lipinski definition) is 1. The molecule has 85 valence electrons. The van der Waals surface area contributed by atoms with E-state index in [1.165, 1.54) is 0 Å². The molecule has 0 bridgehead atoms. The summed E-state index contributed by atoms with van der Waals surface area (Å²) in [4.78, 5) is 13.6. The average molecular weight is 211 g/mol. The van der Waals surface area contributed by atoms with Crippen LogP contribution in [-0.2, 0) is 9.53 Å². The van der Waals surface area contributed by atoms with Gasteiger partial charge in [0.25, 0.3) is 0 Å². The zero-order valence-corrected chi connectivity index (χ0v) is 9.02. The largest absolute Gasteiger partial charge is 0.381 e. The van der Waals surface area contributed by atoms with Gasteiger partial charge in [-0.1, -0.05) is 0 Å². The van der Waals surface area contributed by atoms with E-state index < -0.39 is 0 Å². The Bertz CT molecular complexity index is 227. The molecule has 1 atom stereocenters. The fourth-order valence-electron chi connectivity index (χ4n) is 2.54. The Morgan fingerprint density at radius 3 is 2.80 bits per heavy atom. The highest BCUT2D eigenvalue weighted by Crippen LogP contribution is 2.23. The molecule has 0 spiro atoms. The van der Waals surface area contributed by atoms with E-state index in [1.54, 1.807) is 0 Å². The first-order chi connectivity index (χ1) is 7.29. The molecule has 0 aromatic heterocycles. The zero-order chi connectivity index (χ0) is 10.7. The SMILES string of the molecule is NC(=O)C1C[CH]CCN1C1CCOCC1. The monoisotopic (exact) mass is 211 g/mol. The van der Waals surface area contributed by atoms with E-state index in [0.29, 0.717) is 6.04 Å². The lowest BCUT2D eigenvalue weighted by Crippen LogP contribution is -2.53. The molecule has 0 aromatic rings. The van der Waals surface area contributed by atoms with Crippen molar-refractivity contribution in [2.75, 3.05) is 19.8 Å². The van der Waals surface area contributed by atoms with Crippen molar-refractivity contribution in [1.82, 2.24) is 4.90 Å². The van der Waals surface area contributed by atoms with Crippen molar-refractivity contribution >= 4 is 5.91 Å². The van der Waals surface area contributed by atoms with Gasteiger partial charge in [0.2, 0.25) is 5.91 Å². The van der Waals surface area contributed by atoms with Gasteiger partial charge in [-0.15, -0.1) is 0 Å². The minimum absolute atomic E-state index is 0.0816. The summed E-state index contributed by atoms with van der Waals surface area (Å²) in [5.74, 6) is -0.183. The second-order valence-electron chi connectivity index (χ2n) is 4.31. The Morgan fingerprint density at radius 1 is 1.40 bits per heavy atom. The van der Waals surface area contributed by atoms with Gasteiger partial charge in [-0.2, -0.15) is 0 Å². The van der Waals surface area contributed by atoms with Crippen LogP contribution in [0.15, 0.2) is 0 Å². The lowest BCUT2D eigenvalue weighted by atomic mass is 9.96. The van der Waals surface area contributed by atoms with Crippen molar-refractivity contribution in [2.24, 2.45) is 5.73 Å². The minimum Gasteiger partial charge on any atom is -0.381 e. The van der Waals surface area contributed by atoms with Gasteiger partial charge in [-0.25, -0.2) is 0 Å². The first kappa shape index (κ1) is 10.9. The van der Waals surface area contributed by atoms with Gasteiger partial charge >= 0.3 is 0 Å². The summed E-state index contributed by atoms with van der Waals surface area (Å²) in [6.07, 6.45) is 6.12. The predicted octanol–water partition coefficient (Wildman–Crippen LogP) is 0.319. The third-order valence-corrected chi connectivity index (χ3v) is 3.37. The highest BCUT2D eigenvalue weighted by Gasteiger charge is 2.32. The molecule has 2 aliphatic rings. The fourth-order valence-corrected chi connectivity index (χ4v) is 2.54. The summed E-state index contributed by atoms with van der Waals surface area (Å²) >= 11 is 0. The zero-order valence-electron chi connectivity index (χ0n) is 9.02. The summed E-state index contributed by atoms with van der Waals surface area (Å²) in [6, 6.07) is 0.409. The molecule has 2 aliphatic heterocycles. The topological polar surface area (TPSA) is 55.6 Å². The van der Waals surface area contributed by atoms with Crippen molar-refractivity contribution in [1.29, 1.82) is 0 Å². The molecule has 1 radical (unpaired) electrons. The van der Waals surface area contributed by atoms with Crippen LogP contribution in [0, 0.1) is 6.42 Å². The second kappa shape index (κ2) is 4.94. The molecule has 2 heterocycles. The van der Waals surface area contributed by atoms with Gasteiger partial charge in [0.05, 0.1) is 6.04 Å². The number of nitrogens with zero attached hydrogens (tertiary/aromatic N) is 1. The van der Waals surface area contributed by atoms with Crippen LogP contribution >= 0.6 is 0 Å². The predicted molar refractivity (Wildman–Crippen MR) is 57.1 cm³/mol. The Hall–Kier alpha value is -0.610. The molecule has 2 saturated heterocycles. The molecule has 2 rings (SSSR count). The summed E-state index contributed by atoms with van der Waals surface area (Å²) < 4.78 is 5.34. The third-order valence-electron chi connectivity index (χ3n) is 3.37. The number of primary amides is 1. The van der Waals surface area contributed by atoms with Gasteiger partial charge in [-0.05, 0) is 38.6 Å². The number of ether oxygens (including phenoxy) is 1. The standard InChI is InChI=1S/C11H19N2O2/c12-11(14)10-3-1-2-6-13(10)9-4-7-15-8-5-9/h1,9-10H,2-8H2,(H2,12,14). The molecule has 0 saturated carbocycles. The van der Waals surface area contributed by atoms with Crippen molar-refractivity contribution < 1.29 is 9.53 Å². The number of carbonyl (C=O) groups excluding carboxylic acids is 1. The van der Waals surface area contributed by atoms with Gasteiger partial charge in [0, 0.05) is 19.3 Å². The summed E-state index contributed by atoms with van der Waals surface area (Å²) in [5, 5.41) is 0. The van der Waals surface area contributed by atoms with Gasteiger partial charge < -0.3 is 10.5 Å². The number of nitrogens with two attached hydrogens (primary N) is 1. The molecule has 1 amide bonds. The molecule has 2 fully saturated rings.